The first-order chi connectivity index (χ1) is 25.8. The molecule has 1 aliphatic carbocycles. The van der Waals surface area contributed by atoms with E-state index < -0.39 is 41.8 Å². The first kappa shape index (κ1) is 40.6. The highest BCUT2D eigenvalue weighted by Crippen LogP contribution is 2.30. The van der Waals surface area contributed by atoms with E-state index in [1.807, 2.05) is 29.6 Å². The van der Waals surface area contributed by atoms with Gasteiger partial charge in [-0.3, -0.25) is 14.4 Å². The van der Waals surface area contributed by atoms with E-state index >= 15 is 0 Å². The molecular formula is C40H47F3N6O6. The van der Waals surface area contributed by atoms with Gasteiger partial charge in [0.2, 0.25) is 11.8 Å². The molecule has 1 fully saturated rings. The number of carbonyl (C=O) groups excluding carboxylic acids is 4. The van der Waals surface area contributed by atoms with E-state index in [-0.39, 0.29) is 35.4 Å². The number of aromatic nitrogens is 2. The van der Waals surface area contributed by atoms with E-state index in [9.17, 15) is 37.1 Å². The molecule has 2 atom stereocenters. The topological polar surface area (TPSA) is 174 Å². The molecule has 4 amide bonds. The fourth-order valence-corrected chi connectivity index (χ4v) is 6.56. The first-order valence-electron chi connectivity index (χ1n) is 18.2. The number of aromatic amines is 2. The number of fused-ring (bicyclic) bond motifs is 1. The second-order valence-corrected chi connectivity index (χ2v) is 15.2. The molecule has 4 aromatic rings. The minimum absolute atomic E-state index is 0.103. The third kappa shape index (κ3) is 11.2. The average Bonchev–Trinajstić information content (AvgIpc) is 3.49. The lowest BCUT2D eigenvalue weighted by Crippen LogP contribution is -2.48. The van der Waals surface area contributed by atoms with Crippen molar-refractivity contribution in [3.63, 3.8) is 0 Å². The summed E-state index contributed by atoms with van der Waals surface area (Å²) in [6, 6.07) is 14.0. The highest BCUT2D eigenvalue weighted by Gasteiger charge is 2.37. The van der Waals surface area contributed by atoms with Gasteiger partial charge >= 0.3 is 18.0 Å². The Bertz CT molecular complexity index is 2080. The van der Waals surface area contributed by atoms with Crippen LogP contribution in [0, 0.1) is 18.8 Å². The van der Waals surface area contributed by atoms with Gasteiger partial charge in [0.25, 0.3) is 5.91 Å². The number of alkyl carbamates (subject to hydrolysis) is 1. The number of carbonyl (C=O) groups is 4. The van der Waals surface area contributed by atoms with E-state index in [4.69, 9.17) is 4.74 Å². The van der Waals surface area contributed by atoms with Crippen LogP contribution < -0.4 is 27.0 Å². The average molecular weight is 765 g/mol. The van der Waals surface area contributed by atoms with E-state index in [1.54, 1.807) is 52.0 Å². The number of aryl methyl sites for hydroxylation is 1. The van der Waals surface area contributed by atoms with E-state index in [0.717, 1.165) is 36.5 Å². The SMILES string of the molecule is Cc1cc(C(=O)NC(C)C(F)(F)F)ccc1-c1ccc(CC(NC(=O)C2CCC(CNC(=O)OC(C)(C)C)CC2)C(=O)Nc2ccc3[nH]c(=O)[nH]c3c2)cc1. The van der Waals surface area contributed by atoms with Crippen LogP contribution in [0.5, 0.6) is 0 Å². The van der Waals surface area contributed by atoms with Gasteiger partial charge < -0.3 is 36.0 Å². The lowest BCUT2D eigenvalue weighted by molar-refractivity contribution is -0.149. The Kier molecular flexibility index (Phi) is 12.4. The number of rotatable bonds is 11. The fourth-order valence-electron chi connectivity index (χ4n) is 6.56. The number of H-pyrrole nitrogens is 2. The minimum Gasteiger partial charge on any atom is -0.444 e. The molecule has 5 rings (SSSR count). The Morgan fingerprint density at radius 2 is 1.55 bits per heavy atom. The number of hydrogen-bond acceptors (Lipinski definition) is 6. The van der Waals surface area contributed by atoms with Gasteiger partial charge in [-0.25, -0.2) is 9.59 Å². The van der Waals surface area contributed by atoms with E-state index in [2.05, 4.69) is 25.9 Å². The van der Waals surface area contributed by atoms with Gasteiger partial charge in [0.15, 0.2) is 0 Å². The van der Waals surface area contributed by atoms with Crippen LogP contribution in [-0.2, 0) is 20.7 Å². The molecule has 1 heterocycles. The highest BCUT2D eigenvalue weighted by atomic mass is 19.4. The summed E-state index contributed by atoms with van der Waals surface area (Å²) in [7, 11) is 0. The van der Waals surface area contributed by atoms with Gasteiger partial charge in [0.1, 0.15) is 17.7 Å². The lowest BCUT2D eigenvalue weighted by atomic mass is 9.81. The number of hydrogen-bond donors (Lipinski definition) is 6. The summed E-state index contributed by atoms with van der Waals surface area (Å²) in [5.74, 6) is -1.65. The summed E-state index contributed by atoms with van der Waals surface area (Å²) in [4.78, 5) is 69.0. The molecule has 12 nitrogen and oxygen atoms in total. The molecule has 15 heteroatoms. The molecule has 55 heavy (non-hydrogen) atoms. The number of halogens is 3. The van der Waals surface area contributed by atoms with Crippen LogP contribution in [0.2, 0.25) is 0 Å². The van der Waals surface area contributed by atoms with Crippen LogP contribution >= 0.6 is 0 Å². The zero-order valence-corrected chi connectivity index (χ0v) is 31.4. The third-order valence-electron chi connectivity index (χ3n) is 9.60. The second-order valence-electron chi connectivity index (χ2n) is 15.2. The maximum absolute atomic E-state index is 13.8. The van der Waals surface area contributed by atoms with Gasteiger partial charge in [-0.15, -0.1) is 0 Å². The van der Waals surface area contributed by atoms with Crippen molar-refractivity contribution in [3.05, 3.63) is 87.8 Å². The van der Waals surface area contributed by atoms with Crippen LogP contribution in [0.25, 0.3) is 22.2 Å². The summed E-state index contributed by atoms with van der Waals surface area (Å²) in [5.41, 5.74) is 3.63. The van der Waals surface area contributed by atoms with Crippen molar-refractivity contribution in [2.45, 2.75) is 90.6 Å². The predicted molar refractivity (Wildman–Crippen MR) is 202 cm³/mol. The standard InChI is InChI=1S/C40H47F3N6O6/c1-22-18-28(35(51)45-23(2)40(41,42)43)14-16-30(22)26-10-6-24(7-11-26)19-33(36(52)46-29-15-17-31-32(20-29)49-37(53)48-31)47-34(50)27-12-8-25(9-13-27)21-44-38(54)55-39(3,4)5/h6-7,10-11,14-18,20,23,25,27,33H,8-9,12-13,19,21H2,1-5H3,(H,44,54)(H,45,51)(H,46,52)(H,47,50)(H2,48,49,53). The minimum atomic E-state index is -4.56. The number of amides is 4. The van der Waals surface area contributed by atoms with Crippen LogP contribution in [0.3, 0.4) is 0 Å². The summed E-state index contributed by atoms with van der Waals surface area (Å²) in [6.45, 7) is 8.47. The summed E-state index contributed by atoms with van der Waals surface area (Å²) in [5, 5.41) is 10.6. The number of benzene rings is 3. The smallest absolute Gasteiger partial charge is 0.408 e. The highest BCUT2D eigenvalue weighted by molar-refractivity contribution is 5.99. The molecule has 1 aromatic heterocycles. The molecule has 1 saturated carbocycles. The van der Waals surface area contributed by atoms with Crippen LogP contribution in [0.4, 0.5) is 23.7 Å². The molecule has 3 aromatic carbocycles. The van der Waals surface area contributed by atoms with Crippen molar-refractivity contribution < 1.29 is 37.1 Å². The molecule has 0 bridgehead atoms. The predicted octanol–water partition coefficient (Wildman–Crippen LogP) is 6.51. The number of alkyl halides is 3. The Labute approximate surface area is 316 Å². The Morgan fingerprint density at radius 3 is 2.18 bits per heavy atom. The van der Waals surface area contributed by atoms with E-state index in [0.29, 0.717) is 41.7 Å². The molecule has 1 aliphatic rings. The zero-order chi connectivity index (χ0) is 40.1. The maximum Gasteiger partial charge on any atom is 0.408 e. The number of anilines is 1. The monoisotopic (exact) mass is 764 g/mol. The Hall–Kier alpha value is -5.60. The van der Waals surface area contributed by atoms with Crippen molar-refractivity contribution in [1.29, 1.82) is 0 Å². The summed E-state index contributed by atoms with van der Waals surface area (Å²) >= 11 is 0. The van der Waals surface area contributed by atoms with Crippen molar-refractivity contribution in [3.8, 4) is 11.1 Å². The first-order valence-corrected chi connectivity index (χ1v) is 18.2. The molecule has 0 aliphatic heterocycles. The van der Waals surface area contributed by atoms with Crippen molar-refractivity contribution >= 4 is 40.5 Å². The maximum atomic E-state index is 13.8. The number of nitrogens with one attached hydrogen (secondary N) is 6. The van der Waals surface area contributed by atoms with Gasteiger partial charge in [0.05, 0.1) is 11.0 Å². The summed E-state index contributed by atoms with van der Waals surface area (Å²) < 4.78 is 44.2. The van der Waals surface area contributed by atoms with Crippen LogP contribution in [0.15, 0.2) is 65.5 Å². The molecular weight excluding hydrogens is 717 g/mol. The van der Waals surface area contributed by atoms with Crippen molar-refractivity contribution in [1.82, 2.24) is 25.9 Å². The second kappa shape index (κ2) is 16.8. The number of ether oxygens (including phenoxy) is 1. The van der Waals surface area contributed by atoms with Gasteiger partial charge in [0, 0.05) is 30.1 Å². The third-order valence-corrected chi connectivity index (χ3v) is 9.60. The quantitative estimate of drug-likeness (QED) is 0.102. The lowest BCUT2D eigenvalue weighted by Gasteiger charge is -2.29. The van der Waals surface area contributed by atoms with Crippen molar-refractivity contribution in [2.75, 3.05) is 11.9 Å². The fraction of sp³-hybridized carbons (Fsp3) is 0.425. The molecule has 6 N–H and O–H groups in total. The molecule has 0 saturated heterocycles. The van der Waals surface area contributed by atoms with Gasteiger partial charge in [-0.05, 0) is 119 Å². The van der Waals surface area contributed by atoms with Crippen molar-refractivity contribution in [2.24, 2.45) is 11.8 Å². The van der Waals surface area contributed by atoms with E-state index in [1.165, 1.54) is 12.1 Å². The van der Waals surface area contributed by atoms with Crippen LogP contribution in [0.1, 0.15) is 74.9 Å². The van der Waals surface area contributed by atoms with Gasteiger partial charge in [-0.2, -0.15) is 13.2 Å². The van der Waals surface area contributed by atoms with Gasteiger partial charge in [-0.1, -0.05) is 30.3 Å². The molecule has 2 unspecified atom stereocenters. The number of imidazole rings is 1. The summed E-state index contributed by atoms with van der Waals surface area (Å²) in [6.07, 6.45) is -2.26. The Balaban J connectivity index is 1.26. The van der Waals surface area contributed by atoms with Crippen LogP contribution in [-0.4, -0.2) is 64.2 Å². The molecule has 0 spiro atoms. The zero-order valence-electron chi connectivity index (χ0n) is 31.4. The normalized spacial score (nSPS) is 17.2. The Morgan fingerprint density at radius 1 is 0.873 bits per heavy atom. The molecule has 294 valence electrons. The largest absolute Gasteiger partial charge is 0.444 e. The molecule has 0 radical (unpaired) electrons.